The zero-order valence-electron chi connectivity index (χ0n) is 14.6. The second-order valence-electron chi connectivity index (χ2n) is 6.37. The molecule has 1 N–H and O–H groups in total. The normalized spacial score (nSPS) is 10.9. The van der Waals surface area contributed by atoms with Crippen molar-refractivity contribution in [1.29, 1.82) is 0 Å². The van der Waals surface area contributed by atoms with Crippen LogP contribution in [-0.4, -0.2) is 10.5 Å². The molecule has 25 heavy (non-hydrogen) atoms. The van der Waals surface area contributed by atoms with Gasteiger partial charge in [0, 0.05) is 24.3 Å². The van der Waals surface area contributed by atoms with Crippen LogP contribution in [0.3, 0.4) is 0 Å². The van der Waals surface area contributed by atoms with Crippen LogP contribution >= 0.6 is 0 Å². The van der Waals surface area contributed by atoms with Crippen molar-refractivity contribution in [2.45, 2.75) is 20.8 Å². The molecule has 2 aromatic carbocycles. The van der Waals surface area contributed by atoms with Crippen molar-refractivity contribution in [2.24, 2.45) is 7.05 Å². The van der Waals surface area contributed by atoms with Gasteiger partial charge in [-0.25, -0.2) is 4.39 Å². The van der Waals surface area contributed by atoms with Crippen molar-refractivity contribution in [3.05, 3.63) is 74.8 Å². The number of halogens is 1. The van der Waals surface area contributed by atoms with Gasteiger partial charge in [0.2, 0.25) is 5.43 Å². The molecule has 1 aromatic heterocycles. The zero-order valence-corrected chi connectivity index (χ0v) is 14.6. The number of aryl methyl sites for hydroxylation is 4. The quantitative estimate of drug-likeness (QED) is 0.771. The van der Waals surface area contributed by atoms with Crippen LogP contribution in [0.5, 0.6) is 0 Å². The fourth-order valence-corrected chi connectivity index (χ4v) is 3.18. The number of pyridine rings is 1. The molecule has 0 saturated carbocycles. The molecule has 1 amide bonds. The summed E-state index contributed by atoms with van der Waals surface area (Å²) in [5.74, 6) is -1.01. The van der Waals surface area contributed by atoms with E-state index in [9.17, 15) is 14.0 Å². The van der Waals surface area contributed by atoms with E-state index in [1.54, 1.807) is 11.6 Å². The Kier molecular flexibility index (Phi) is 4.17. The number of aromatic nitrogens is 1. The van der Waals surface area contributed by atoms with Crippen LogP contribution in [-0.2, 0) is 7.05 Å². The Hall–Kier alpha value is -2.95. The lowest BCUT2D eigenvalue weighted by Gasteiger charge is -2.14. The predicted molar refractivity (Wildman–Crippen MR) is 97.8 cm³/mol. The molecular weight excluding hydrogens is 319 g/mol. The minimum Gasteiger partial charge on any atom is -0.350 e. The molecule has 0 unspecified atom stereocenters. The first kappa shape index (κ1) is 16.9. The van der Waals surface area contributed by atoms with Gasteiger partial charge in [-0.2, -0.15) is 0 Å². The van der Waals surface area contributed by atoms with Crippen LogP contribution in [0.1, 0.15) is 27.0 Å². The monoisotopic (exact) mass is 338 g/mol. The van der Waals surface area contributed by atoms with Gasteiger partial charge < -0.3 is 9.88 Å². The van der Waals surface area contributed by atoms with E-state index in [1.807, 2.05) is 32.9 Å². The van der Waals surface area contributed by atoms with Gasteiger partial charge in [0.25, 0.3) is 5.91 Å². The van der Waals surface area contributed by atoms with Crippen LogP contribution in [0.15, 0.2) is 41.3 Å². The van der Waals surface area contributed by atoms with Crippen molar-refractivity contribution in [1.82, 2.24) is 4.57 Å². The SMILES string of the molecule is Cc1cc(C)c(NC(=O)c2cn(C)c3ccc(F)cc3c2=O)c(C)c1. The minimum atomic E-state index is -0.507. The van der Waals surface area contributed by atoms with E-state index in [-0.39, 0.29) is 10.9 Å². The Bertz CT molecular complexity index is 1040. The summed E-state index contributed by atoms with van der Waals surface area (Å²) in [5.41, 5.74) is 3.73. The molecule has 3 aromatic rings. The number of hydrogen-bond donors (Lipinski definition) is 1. The van der Waals surface area contributed by atoms with E-state index in [2.05, 4.69) is 5.32 Å². The van der Waals surface area contributed by atoms with E-state index in [0.717, 1.165) is 22.8 Å². The Balaban J connectivity index is 2.10. The summed E-state index contributed by atoms with van der Waals surface area (Å²) in [5, 5.41) is 3.01. The number of rotatable bonds is 2. The van der Waals surface area contributed by atoms with Crippen molar-refractivity contribution in [2.75, 3.05) is 5.32 Å². The molecule has 0 spiro atoms. The van der Waals surface area contributed by atoms with Gasteiger partial charge in [-0.3, -0.25) is 9.59 Å². The number of carbonyl (C=O) groups excluding carboxylic acids is 1. The molecule has 0 bridgehead atoms. The Morgan fingerprint density at radius 3 is 2.36 bits per heavy atom. The van der Waals surface area contributed by atoms with Gasteiger partial charge in [-0.05, 0) is 50.1 Å². The number of nitrogens with zero attached hydrogens (tertiary/aromatic N) is 1. The molecule has 1 heterocycles. The van der Waals surface area contributed by atoms with E-state index < -0.39 is 17.2 Å². The lowest BCUT2D eigenvalue weighted by Crippen LogP contribution is -2.24. The van der Waals surface area contributed by atoms with E-state index in [1.165, 1.54) is 18.3 Å². The molecule has 3 rings (SSSR count). The van der Waals surface area contributed by atoms with Crippen LogP contribution in [0, 0.1) is 26.6 Å². The van der Waals surface area contributed by atoms with Gasteiger partial charge in [0.05, 0.1) is 5.52 Å². The first-order valence-corrected chi connectivity index (χ1v) is 7.96. The van der Waals surface area contributed by atoms with Gasteiger partial charge in [-0.15, -0.1) is 0 Å². The second kappa shape index (κ2) is 6.16. The molecule has 5 heteroatoms. The summed E-state index contributed by atoms with van der Waals surface area (Å²) in [6.45, 7) is 5.80. The van der Waals surface area contributed by atoms with Crippen LogP contribution in [0.4, 0.5) is 10.1 Å². The third kappa shape index (κ3) is 3.05. The van der Waals surface area contributed by atoms with Crippen molar-refractivity contribution < 1.29 is 9.18 Å². The number of hydrogen-bond acceptors (Lipinski definition) is 2. The highest BCUT2D eigenvalue weighted by atomic mass is 19.1. The fraction of sp³-hybridized carbons (Fsp3) is 0.200. The molecule has 0 aliphatic rings. The van der Waals surface area contributed by atoms with Crippen molar-refractivity contribution in [3.63, 3.8) is 0 Å². The zero-order chi connectivity index (χ0) is 18.3. The molecule has 0 fully saturated rings. The molecule has 4 nitrogen and oxygen atoms in total. The molecule has 0 saturated heterocycles. The summed E-state index contributed by atoms with van der Waals surface area (Å²) in [6.07, 6.45) is 1.48. The number of fused-ring (bicyclic) bond motifs is 1. The predicted octanol–water partition coefficient (Wildman–Crippen LogP) is 3.86. The molecule has 0 aliphatic heterocycles. The maximum absolute atomic E-state index is 13.5. The fourth-order valence-electron chi connectivity index (χ4n) is 3.18. The molecule has 0 atom stereocenters. The van der Waals surface area contributed by atoms with Crippen LogP contribution < -0.4 is 10.7 Å². The molecule has 0 radical (unpaired) electrons. The van der Waals surface area contributed by atoms with Crippen LogP contribution in [0.25, 0.3) is 10.9 Å². The Morgan fingerprint density at radius 1 is 1.08 bits per heavy atom. The van der Waals surface area contributed by atoms with Crippen molar-refractivity contribution in [3.8, 4) is 0 Å². The highest BCUT2D eigenvalue weighted by molar-refractivity contribution is 6.06. The maximum atomic E-state index is 13.5. The first-order valence-electron chi connectivity index (χ1n) is 7.96. The van der Waals surface area contributed by atoms with E-state index in [0.29, 0.717) is 11.2 Å². The molecule has 128 valence electrons. The third-order valence-electron chi connectivity index (χ3n) is 4.31. The standard InChI is InChI=1S/C20H19FN2O2/c1-11-7-12(2)18(13(3)8-11)22-20(25)16-10-23(4)17-6-5-14(21)9-15(17)19(16)24/h5-10H,1-4H3,(H,22,25). The number of benzene rings is 2. The molecular formula is C20H19FN2O2. The number of carbonyl (C=O) groups is 1. The number of amides is 1. The average molecular weight is 338 g/mol. The summed E-state index contributed by atoms with van der Waals surface area (Å²) in [4.78, 5) is 25.3. The Labute approximate surface area is 144 Å². The van der Waals surface area contributed by atoms with Gasteiger partial charge in [0.15, 0.2) is 0 Å². The topological polar surface area (TPSA) is 51.1 Å². The first-order chi connectivity index (χ1) is 11.8. The third-order valence-corrected chi connectivity index (χ3v) is 4.31. The number of anilines is 1. The summed E-state index contributed by atoms with van der Waals surface area (Å²) in [7, 11) is 1.72. The largest absolute Gasteiger partial charge is 0.350 e. The smallest absolute Gasteiger partial charge is 0.261 e. The summed E-state index contributed by atoms with van der Waals surface area (Å²) in [6, 6.07) is 7.92. The molecule has 0 aliphatic carbocycles. The maximum Gasteiger partial charge on any atom is 0.261 e. The second-order valence-corrected chi connectivity index (χ2v) is 6.37. The van der Waals surface area contributed by atoms with Gasteiger partial charge in [-0.1, -0.05) is 17.7 Å². The summed E-state index contributed by atoms with van der Waals surface area (Å²) >= 11 is 0. The Morgan fingerprint density at radius 2 is 1.72 bits per heavy atom. The van der Waals surface area contributed by atoms with Gasteiger partial charge in [0.1, 0.15) is 11.4 Å². The minimum absolute atomic E-state index is 0.0139. The van der Waals surface area contributed by atoms with E-state index in [4.69, 9.17) is 0 Å². The lowest BCUT2D eigenvalue weighted by atomic mass is 10.0. The lowest BCUT2D eigenvalue weighted by molar-refractivity contribution is 0.102. The average Bonchev–Trinajstić information content (AvgIpc) is 2.53. The highest BCUT2D eigenvalue weighted by Gasteiger charge is 2.17. The van der Waals surface area contributed by atoms with Crippen molar-refractivity contribution >= 4 is 22.5 Å². The summed E-state index contributed by atoms with van der Waals surface area (Å²) < 4.78 is 15.2. The van der Waals surface area contributed by atoms with Crippen LogP contribution in [0.2, 0.25) is 0 Å². The van der Waals surface area contributed by atoms with E-state index >= 15 is 0 Å². The highest BCUT2D eigenvalue weighted by Crippen LogP contribution is 2.22. The van der Waals surface area contributed by atoms with Gasteiger partial charge >= 0.3 is 0 Å². The number of nitrogens with one attached hydrogen (secondary N) is 1.